The maximum atomic E-state index is 4.57. The van der Waals surface area contributed by atoms with E-state index >= 15 is 0 Å². The molecule has 1 atom stereocenters. The van der Waals surface area contributed by atoms with Crippen molar-refractivity contribution >= 4 is 11.9 Å². The number of hydrogen-bond donors (Lipinski definition) is 1. The lowest BCUT2D eigenvalue weighted by molar-refractivity contribution is 0.396. The molecule has 76 valence electrons. The molecule has 0 fully saturated rings. The summed E-state index contributed by atoms with van der Waals surface area (Å²) in [6.07, 6.45) is 4.34. The first-order chi connectivity index (χ1) is 7.25. The van der Waals surface area contributed by atoms with Gasteiger partial charge in [-0.05, 0) is 31.1 Å². The lowest BCUT2D eigenvalue weighted by Gasteiger charge is -2.22. The predicted octanol–water partition coefficient (Wildman–Crippen LogP) is 1.89. The van der Waals surface area contributed by atoms with Crippen LogP contribution in [0.3, 0.4) is 0 Å². The molecule has 15 heavy (non-hydrogen) atoms. The number of hydrogen-bond acceptors (Lipinski definition) is 3. The molecule has 3 rings (SSSR count). The van der Waals surface area contributed by atoms with Crippen molar-refractivity contribution in [1.82, 2.24) is 10.4 Å². The van der Waals surface area contributed by atoms with Crippen LogP contribution in [0.1, 0.15) is 23.6 Å². The number of benzene rings is 1. The molecule has 0 saturated heterocycles. The Morgan fingerprint density at radius 1 is 1.40 bits per heavy atom. The molecule has 0 spiro atoms. The molecule has 3 nitrogen and oxygen atoms in total. The fourth-order valence-corrected chi connectivity index (χ4v) is 2.10. The van der Waals surface area contributed by atoms with Gasteiger partial charge in [-0.15, -0.1) is 0 Å². The highest BCUT2D eigenvalue weighted by Gasteiger charge is 2.25. The fraction of sp³-hybridized carbons (Fsp3) is 0.250. The van der Waals surface area contributed by atoms with Crippen LogP contribution in [0.25, 0.3) is 6.08 Å². The molecule has 0 bridgehead atoms. The van der Waals surface area contributed by atoms with Gasteiger partial charge in [0.1, 0.15) is 6.17 Å². The van der Waals surface area contributed by atoms with Crippen molar-refractivity contribution in [3.8, 4) is 0 Å². The zero-order valence-corrected chi connectivity index (χ0v) is 8.86. The van der Waals surface area contributed by atoms with Gasteiger partial charge in [0.2, 0.25) is 0 Å². The summed E-state index contributed by atoms with van der Waals surface area (Å²) < 4.78 is 0. The van der Waals surface area contributed by atoms with E-state index in [0.717, 1.165) is 5.84 Å². The number of hydrazine groups is 1. The third-order valence-electron chi connectivity index (χ3n) is 2.83. The van der Waals surface area contributed by atoms with E-state index in [1.807, 2.05) is 11.2 Å². The van der Waals surface area contributed by atoms with Gasteiger partial charge in [-0.25, -0.2) is 10.4 Å². The van der Waals surface area contributed by atoms with Crippen molar-refractivity contribution in [2.45, 2.75) is 20.0 Å². The molecule has 0 radical (unpaired) electrons. The topological polar surface area (TPSA) is 27.6 Å². The number of aliphatic imine (C=N–C) groups is 1. The van der Waals surface area contributed by atoms with E-state index in [1.165, 1.54) is 16.7 Å². The van der Waals surface area contributed by atoms with Crippen LogP contribution in [0.15, 0.2) is 29.4 Å². The van der Waals surface area contributed by atoms with E-state index in [1.54, 1.807) is 0 Å². The minimum absolute atomic E-state index is 0.163. The van der Waals surface area contributed by atoms with Crippen LogP contribution in [-0.4, -0.2) is 17.0 Å². The second-order valence-corrected chi connectivity index (χ2v) is 3.98. The molecule has 0 aromatic heterocycles. The summed E-state index contributed by atoms with van der Waals surface area (Å²) in [5.74, 6) is 1.03. The Kier molecular flexibility index (Phi) is 1.70. The van der Waals surface area contributed by atoms with Crippen molar-refractivity contribution in [3.63, 3.8) is 0 Å². The first kappa shape index (κ1) is 8.68. The minimum Gasteiger partial charge on any atom is -0.265 e. The van der Waals surface area contributed by atoms with Gasteiger partial charge in [-0.2, -0.15) is 0 Å². The van der Waals surface area contributed by atoms with Gasteiger partial charge in [0.05, 0.1) is 0 Å². The summed E-state index contributed by atoms with van der Waals surface area (Å²) >= 11 is 0. The predicted molar refractivity (Wildman–Crippen MR) is 61.2 cm³/mol. The van der Waals surface area contributed by atoms with Crippen molar-refractivity contribution < 1.29 is 0 Å². The summed E-state index contributed by atoms with van der Waals surface area (Å²) in [5.41, 5.74) is 7.05. The highest BCUT2D eigenvalue weighted by atomic mass is 15.6. The number of nitrogens with zero attached hydrogens (tertiary/aromatic N) is 2. The highest BCUT2D eigenvalue weighted by molar-refractivity contribution is 6.05. The van der Waals surface area contributed by atoms with Gasteiger partial charge in [-0.3, -0.25) is 5.01 Å². The Labute approximate surface area is 89.1 Å². The smallest absolute Gasteiger partial charge is 0.151 e. The van der Waals surface area contributed by atoms with Gasteiger partial charge >= 0.3 is 0 Å². The monoisotopic (exact) mass is 199 g/mol. The molecule has 2 aliphatic heterocycles. The van der Waals surface area contributed by atoms with Crippen LogP contribution >= 0.6 is 0 Å². The second kappa shape index (κ2) is 2.94. The summed E-state index contributed by atoms with van der Waals surface area (Å²) in [5, 5.41) is 1.99. The quantitative estimate of drug-likeness (QED) is 0.691. The van der Waals surface area contributed by atoms with E-state index in [2.05, 4.69) is 48.5 Å². The number of aryl methyl sites for hydroxylation is 1. The number of nitrogens with one attached hydrogen (secondary N) is 1. The Balaban J connectivity index is 2.21. The summed E-state index contributed by atoms with van der Waals surface area (Å²) in [6, 6.07) is 6.33. The van der Waals surface area contributed by atoms with Crippen LogP contribution in [0.2, 0.25) is 0 Å². The van der Waals surface area contributed by atoms with Gasteiger partial charge in [0, 0.05) is 11.8 Å². The van der Waals surface area contributed by atoms with Crippen LogP contribution in [-0.2, 0) is 0 Å². The van der Waals surface area contributed by atoms with Crippen molar-refractivity contribution in [3.05, 3.63) is 41.1 Å². The van der Waals surface area contributed by atoms with Gasteiger partial charge in [0.15, 0.2) is 5.84 Å². The van der Waals surface area contributed by atoms with E-state index in [9.17, 15) is 0 Å². The average molecular weight is 199 g/mol. The first-order valence-electron chi connectivity index (χ1n) is 5.17. The Morgan fingerprint density at radius 3 is 3.13 bits per heavy atom. The standard InChI is InChI=1S/C12H13N3/c1-8-4-3-5-11-10(8)6-7-15-12(11)13-9(2)14-15/h3-7,9,14H,1-2H3. The Hall–Kier alpha value is -1.61. The summed E-state index contributed by atoms with van der Waals surface area (Å²) in [7, 11) is 0. The van der Waals surface area contributed by atoms with Crippen LogP contribution in [0.5, 0.6) is 0 Å². The lowest BCUT2D eigenvalue weighted by atomic mass is 9.99. The average Bonchev–Trinajstić information content (AvgIpc) is 2.59. The lowest BCUT2D eigenvalue weighted by Crippen LogP contribution is -2.37. The molecule has 0 amide bonds. The number of fused-ring (bicyclic) bond motifs is 3. The molecule has 2 heterocycles. The third-order valence-corrected chi connectivity index (χ3v) is 2.83. The van der Waals surface area contributed by atoms with Crippen molar-refractivity contribution in [1.29, 1.82) is 0 Å². The van der Waals surface area contributed by atoms with E-state index < -0.39 is 0 Å². The molecule has 0 aliphatic carbocycles. The zero-order chi connectivity index (χ0) is 10.4. The highest BCUT2D eigenvalue weighted by Crippen LogP contribution is 2.24. The van der Waals surface area contributed by atoms with Gasteiger partial charge in [-0.1, -0.05) is 18.2 Å². The number of rotatable bonds is 0. The van der Waals surface area contributed by atoms with Crippen molar-refractivity contribution in [2.75, 3.05) is 0 Å². The summed E-state index contributed by atoms with van der Waals surface area (Å²) in [6.45, 7) is 4.18. The van der Waals surface area contributed by atoms with E-state index in [-0.39, 0.29) is 6.17 Å². The first-order valence-corrected chi connectivity index (χ1v) is 5.17. The number of amidine groups is 1. The minimum atomic E-state index is 0.163. The molecule has 1 aromatic rings. The van der Waals surface area contributed by atoms with Crippen LogP contribution in [0, 0.1) is 6.92 Å². The zero-order valence-electron chi connectivity index (χ0n) is 8.86. The Bertz CT molecular complexity index is 474. The molecular formula is C12H13N3. The summed E-state index contributed by atoms with van der Waals surface area (Å²) in [4.78, 5) is 4.57. The van der Waals surface area contributed by atoms with Gasteiger partial charge in [0.25, 0.3) is 0 Å². The fourth-order valence-electron chi connectivity index (χ4n) is 2.10. The molecular weight excluding hydrogens is 186 g/mol. The molecule has 1 N–H and O–H groups in total. The van der Waals surface area contributed by atoms with Gasteiger partial charge < -0.3 is 0 Å². The van der Waals surface area contributed by atoms with Crippen LogP contribution in [0.4, 0.5) is 0 Å². The van der Waals surface area contributed by atoms with Crippen LogP contribution < -0.4 is 5.43 Å². The van der Waals surface area contributed by atoms with E-state index in [4.69, 9.17) is 0 Å². The van der Waals surface area contributed by atoms with E-state index in [0.29, 0.717) is 0 Å². The molecule has 0 saturated carbocycles. The largest absolute Gasteiger partial charge is 0.265 e. The normalized spacial score (nSPS) is 22.4. The third kappa shape index (κ3) is 1.20. The molecule has 1 unspecified atom stereocenters. The maximum absolute atomic E-state index is 4.57. The SMILES string of the molecule is Cc1cccc2c1C=CN1NC(C)N=C21. The Morgan fingerprint density at radius 2 is 2.27 bits per heavy atom. The van der Waals surface area contributed by atoms with Crippen molar-refractivity contribution in [2.24, 2.45) is 4.99 Å². The molecule has 1 aromatic carbocycles. The maximum Gasteiger partial charge on any atom is 0.151 e. The second-order valence-electron chi connectivity index (χ2n) is 3.98. The molecule has 3 heteroatoms. The molecule has 2 aliphatic rings.